The number of halogens is 1. The number of aromatic nitrogens is 7. The molecule has 0 spiro atoms. The van der Waals surface area contributed by atoms with E-state index < -0.39 is 23.7 Å². The Morgan fingerprint density at radius 1 is 0.446 bits per heavy atom. The summed E-state index contributed by atoms with van der Waals surface area (Å²) in [6.45, 7) is 16.4. The number of aryl methyl sites for hydroxylation is 4. The SMILES string of the molecule is COC(=O)[C@H](Cc1ccc(C=O)cc1)n1cccc1.COC(=O)[C@H](Cc1ccc(CNCc2nc(-c3ccccc3)oc2C)cc1)n1cccc1.Cc1oc(-c2ccccc2)nc1CN.Cc1oc(-c2ccccc2)nc1CNC(=O)OC(C)(C)C.Cc1oc(-c2ccccc2)nc1CNCc1ccc(C[C@@H](C(=O)O)n2cccc2)cc1.O.[3HH].[F-].[HH].[Li+].[OH-]. The van der Waals surface area contributed by atoms with Crippen LogP contribution in [-0.4, -0.2) is 99.8 Å². The van der Waals surface area contributed by atoms with Crippen LogP contribution in [0.5, 0.6) is 0 Å². The van der Waals surface area contributed by atoms with E-state index in [0.29, 0.717) is 92.6 Å². The Labute approximate surface area is 717 Å². The van der Waals surface area contributed by atoms with Crippen molar-refractivity contribution >= 4 is 30.3 Å². The fraction of sp³-hybridized carbons (Fsp3) is 0.237. The molecule has 7 aromatic carbocycles. The van der Waals surface area contributed by atoms with Gasteiger partial charge in [0.05, 0.1) is 37.8 Å². The number of carbonyl (C=O) groups excluding carboxylic acids is 4. The summed E-state index contributed by atoms with van der Waals surface area (Å²) in [6, 6.07) is 72.6. The summed E-state index contributed by atoms with van der Waals surface area (Å²) in [7, 11) is 2.81. The Balaban J connectivity index is 0.000000328. The van der Waals surface area contributed by atoms with Gasteiger partial charge in [-0.05, 0) is 161 Å². The minimum atomic E-state index is -0.834. The topological polar surface area (TPSA) is 376 Å². The normalized spacial score (nSPS) is 11.3. The molecular formula is C93H106FLiN11O15-. The van der Waals surface area contributed by atoms with Crippen LogP contribution in [0.15, 0.2) is 285 Å². The molecule has 26 nitrogen and oxygen atoms in total. The van der Waals surface area contributed by atoms with E-state index in [9.17, 15) is 29.1 Å². The number of aliphatic carboxylic acids is 1. The van der Waals surface area contributed by atoms with Gasteiger partial charge in [0.1, 0.15) is 58.7 Å². The number of esters is 2. The molecule has 7 aromatic heterocycles. The predicted molar refractivity (Wildman–Crippen MR) is 456 cm³/mol. The molecule has 0 fully saturated rings. The maximum absolute atomic E-state index is 12.2. The third-order valence-electron chi connectivity index (χ3n) is 18.5. The zero-order chi connectivity index (χ0) is 83.1. The largest absolute Gasteiger partial charge is 1.00 e. The molecule has 14 aromatic rings. The molecular weight excluding hydrogens is 1540 g/mol. The minimum Gasteiger partial charge on any atom is -1.00 e. The Hall–Kier alpha value is -13.1. The number of ether oxygens (including phenoxy) is 3. The van der Waals surface area contributed by atoms with Crippen LogP contribution in [0, 0.1) is 27.7 Å². The van der Waals surface area contributed by atoms with Gasteiger partial charge in [0.25, 0.3) is 0 Å². The van der Waals surface area contributed by atoms with Gasteiger partial charge in [-0.2, -0.15) is 0 Å². The summed E-state index contributed by atoms with van der Waals surface area (Å²) < 4.78 is 43.2. The van der Waals surface area contributed by atoms with Crippen molar-refractivity contribution < 1.29 is 98.3 Å². The van der Waals surface area contributed by atoms with E-state index in [1.165, 1.54) is 14.2 Å². The molecule has 121 heavy (non-hydrogen) atoms. The predicted octanol–water partition coefficient (Wildman–Crippen LogP) is 10.8. The van der Waals surface area contributed by atoms with E-state index in [0.717, 1.165) is 90.7 Å². The van der Waals surface area contributed by atoms with Crippen molar-refractivity contribution in [3.8, 4) is 45.8 Å². The van der Waals surface area contributed by atoms with Crippen molar-refractivity contribution in [2.75, 3.05) is 14.2 Å². The van der Waals surface area contributed by atoms with E-state index in [2.05, 4.69) is 60.2 Å². The summed E-state index contributed by atoms with van der Waals surface area (Å²) in [4.78, 5) is 75.9. The smallest absolute Gasteiger partial charge is 1.00 e. The van der Waals surface area contributed by atoms with E-state index >= 15 is 0 Å². The summed E-state index contributed by atoms with van der Waals surface area (Å²) >= 11 is 0. The van der Waals surface area contributed by atoms with Crippen LogP contribution < -0.4 is 45.2 Å². The number of benzene rings is 7. The Kier molecular flexibility index (Phi) is 38.9. The molecule has 3 atom stereocenters. The number of methoxy groups -OCH3 is 2. The first-order valence-corrected chi connectivity index (χ1v) is 38.2. The number of nitrogens with two attached hydrogens (primary N) is 1. The summed E-state index contributed by atoms with van der Waals surface area (Å²) in [5, 5.41) is 19.1. The molecule has 7 heterocycles. The Morgan fingerprint density at radius 2 is 0.727 bits per heavy atom. The number of hydrogen-bond donors (Lipinski definition) is 5. The maximum Gasteiger partial charge on any atom is 1.00 e. The number of oxazole rings is 4. The van der Waals surface area contributed by atoms with Crippen molar-refractivity contribution in [2.24, 2.45) is 5.73 Å². The molecule has 0 aliphatic heterocycles. The molecule has 0 unspecified atom stereocenters. The second kappa shape index (κ2) is 48.7. The van der Waals surface area contributed by atoms with Crippen molar-refractivity contribution in [1.29, 1.82) is 0 Å². The molecule has 632 valence electrons. The number of carboxylic acid groups (broad SMARTS) is 1. The Morgan fingerprint density at radius 3 is 1.02 bits per heavy atom. The van der Waals surface area contributed by atoms with Crippen LogP contribution in [0.2, 0.25) is 0 Å². The second-order valence-electron chi connectivity index (χ2n) is 28.2. The van der Waals surface area contributed by atoms with Crippen molar-refractivity contribution in [3.05, 3.63) is 347 Å². The number of nitrogens with zero attached hydrogens (tertiary/aromatic N) is 7. The average Bonchev–Trinajstić information content (AvgIpc) is 1.69. The average molecular weight is 1650 g/mol. The number of carboxylic acids is 1. The van der Waals surface area contributed by atoms with Crippen LogP contribution in [0.4, 0.5) is 4.79 Å². The first-order valence-electron chi connectivity index (χ1n) is 38.2. The van der Waals surface area contributed by atoms with Crippen LogP contribution in [0.25, 0.3) is 45.8 Å². The molecule has 0 aliphatic rings. The van der Waals surface area contributed by atoms with Gasteiger partial charge in [0, 0.05) is 120 Å². The fourth-order valence-corrected chi connectivity index (χ4v) is 12.2. The van der Waals surface area contributed by atoms with E-state index in [1.54, 1.807) is 29.1 Å². The summed E-state index contributed by atoms with van der Waals surface area (Å²) in [5.41, 5.74) is 18.1. The van der Waals surface area contributed by atoms with Crippen molar-refractivity contribution in [3.63, 3.8) is 0 Å². The van der Waals surface area contributed by atoms with Gasteiger partial charge in [0.2, 0.25) is 23.6 Å². The zero-order valence-electron chi connectivity index (χ0n) is 69.5. The molecule has 0 bridgehead atoms. The number of amides is 1. The quantitative estimate of drug-likeness (QED) is 0.0132. The second-order valence-corrected chi connectivity index (χ2v) is 28.2. The molecule has 0 radical (unpaired) electrons. The van der Waals surface area contributed by atoms with Gasteiger partial charge in [0.15, 0.2) is 0 Å². The number of rotatable bonds is 28. The fourth-order valence-electron chi connectivity index (χ4n) is 12.2. The van der Waals surface area contributed by atoms with E-state index in [1.807, 2.05) is 277 Å². The molecule has 0 saturated heterocycles. The summed E-state index contributed by atoms with van der Waals surface area (Å²) in [6.07, 6.45) is 12.9. The van der Waals surface area contributed by atoms with Crippen LogP contribution in [0.1, 0.15) is 126 Å². The Bertz CT molecular complexity index is 5370. The number of hydrogen-bond acceptors (Lipinski definition) is 20. The van der Waals surface area contributed by atoms with E-state index in [-0.39, 0.29) is 67.9 Å². The third-order valence-corrected chi connectivity index (χ3v) is 18.5. The summed E-state index contributed by atoms with van der Waals surface area (Å²) in [5.74, 6) is 4.23. The molecule has 1 amide bonds. The molecule has 0 aliphatic carbocycles. The molecule has 28 heteroatoms. The van der Waals surface area contributed by atoms with Crippen molar-refractivity contribution in [2.45, 2.75) is 131 Å². The minimum absolute atomic E-state index is 0. The van der Waals surface area contributed by atoms with Crippen LogP contribution in [-0.2, 0) is 87.1 Å². The zero-order valence-corrected chi connectivity index (χ0v) is 69.5. The standard InChI is InChI=1S/C26H27N3O3.C25H25N3O3.C16H20N2O3.C15H15NO3.C11H12N2O.FH.Li.2H2O.2H2/c1-19-23(28-25(32-19)22-8-4-3-5-9-22)18-27-17-21-12-10-20(11-13-21)16-24(26(30)31-2)29-14-6-7-15-29;1-18-22(27-24(31-18)21-7-3-2-4-8-21)17-26-16-20-11-9-19(10-12-20)15-23(25(29)30)28-13-5-6-14-28;1-11-13(10-17-15(19)21-16(2,3)4)18-14(20-11)12-8-6-5-7-9-12;1-19-15(18)14(16-8-2-3-9-16)10-12-4-6-13(11-17)7-5-12;1-8-10(7-12)13-11(14-8)9-5-3-2-4-6-9;;;;;;/h3-15,24,27H,16-18H2,1-2H3;2-14,23,26H,15-17H2,1H3,(H,29,30);5-9H,10H2,1-4H3,(H,17,19);2-9,11,14H,10H2,1H3;2-6H,7,12H2,1H3;1H;;2*1H2;2*1H/q;;;;;;+1;;;;/p-2/t24-;23-;;14-;;;;;;;/m00.0......./s1/i;;;;;;;;;1+2;. The van der Waals surface area contributed by atoms with E-state index in [4.69, 9.17) is 37.6 Å². The van der Waals surface area contributed by atoms with Crippen LogP contribution in [0.3, 0.4) is 0 Å². The first-order chi connectivity index (χ1) is 56.6. The monoisotopic (exact) mass is 1640 g/mol. The first kappa shape index (κ1) is 96.7. The number of alkyl carbamates (subject to hydrolysis) is 1. The van der Waals surface area contributed by atoms with Gasteiger partial charge in [-0.15, -0.1) is 0 Å². The van der Waals surface area contributed by atoms with Gasteiger partial charge in [-0.25, -0.2) is 39.1 Å². The van der Waals surface area contributed by atoms with Crippen molar-refractivity contribution in [1.82, 2.24) is 49.6 Å². The van der Waals surface area contributed by atoms with Gasteiger partial charge in [-0.1, -0.05) is 146 Å². The third kappa shape index (κ3) is 29.4. The molecule has 0 saturated carbocycles. The van der Waals surface area contributed by atoms with Gasteiger partial charge in [-0.3, -0.25) is 4.79 Å². The maximum atomic E-state index is 12.2. The number of nitrogens with one attached hydrogen (secondary N) is 3. The molecule has 9 N–H and O–H groups in total. The van der Waals surface area contributed by atoms with Gasteiger partial charge >= 0.3 is 42.9 Å². The van der Waals surface area contributed by atoms with Crippen LogP contribution >= 0.6 is 0 Å². The number of carbonyl (C=O) groups is 5. The molecule has 14 rings (SSSR count). The number of aldehydes is 1. The van der Waals surface area contributed by atoms with Gasteiger partial charge < -0.3 is 88.0 Å².